The summed E-state index contributed by atoms with van der Waals surface area (Å²) in [5.74, 6) is 0. The van der Waals surface area contributed by atoms with E-state index in [-0.39, 0.29) is 12.1 Å². The molecule has 1 aliphatic carbocycles. The first-order chi connectivity index (χ1) is 7.45. The Labute approximate surface area is 94.5 Å². The molecule has 0 aliphatic heterocycles. The predicted molar refractivity (Wildman–Crippen MR) is 56.3 cm³/mol. The maximum absolute atomic E-state index is 12.4. The van der Waals surface area contributed by atoms with Crippen molar-refractivity contribution in [2.75, 3.05) is 7.05 Å². The second-order valence-electron chi connectivity index (χ2n) is 4.39. The molecule has 3 atom stereocenters. The van der Waals surface area contributed by atoms with Gasteiger partial charge in [-0.1, -0.05) is 19.3 Å². The average molecular weight is 239 g/mol. The second kappa shape index (κ2) is 5.87. The lowest BCUT2D eigenvalue weighted by Gasteiger charge is -2.29. The quantitative estimate of drug-likeness (QED) is 0.765. The molecule has 0 amide bonds. The Morgan fingerprint density at radius 3 is 2.38 bits per heavy atom. The third-order valence-corrected chi connectivity index (χ3v) is 3.16. The number of rotatable bonds is 3. The van der Waals surface area contributed by atoms with E-state index in [0.717, 1.165) is 32.6 Å². The summed E-state index contributed by atoms with van der Waals surface area (Å²) in [5, 5.41) is 3.06. The van der Waals surface area contributed by atoms with E-state index in [2.05, 4.69) is 5.32 Å². The molecule has 0 aromatic heterocycles. The molecule has 1 N–H and O–H groups in total. The summed E-state index contributed by atoms with van der Waals surface area (Å²) >= 11 is 0. The Morgan fingerprint density at radius 1 is 1.19 bits per heavy atom. The van der Waals surface area contributed by atoms with Crippen LogP contribution in [0.5, 0.6) is 0 Å². The van der Waals surface area contributed by atoms with Gasteiger partial charge in [-0.2, -0.15) is 13.2 Å². The number of hydrogen-bond donors (Lipinski definition) is 1. The first-order valence-electron chi connectivity index (χ1n) is 5.84. The average Bonchev–Trinajstić information content (AvgIpc) is 2.41. The summed E-state index contributed by atoms with van der Waals surface area (Å²) in [5.41, 5.74) is 0. The van der Waals surface area contributed by atoms with Gasteiger partial charge in [0.15, 0.2) is 6.10 Å². The van der Waals surface area contributed by atoms with E-state index in [0.29, 0.717) is 6.42 Å². The molecule has 0 aromatic carbocycles. The van der Waals surface area contributed by atoms with Crippen molar-refractivity contribution in [3.8, 4) is 0 Å². The van der Waals surface area contributed by atoms with Gasteiger partial charge < -0.3 is 10.1 Å². The second-order valence-corrected chi connectivity index (χ2v) is 4.39. The first kappa shape index (κ1) is 13.8. The molecule has 1 saturated carbocycles. The van der Waals surface area contributed by atoms with Crippen LogP contribution < -0.4 is 5.32 Å². The van der Waals surface area contributed by atoms with Crippen molar-refractivity contribution in [1.29, 1.82) is 0 Å². The molecule has 3 unspecified atom stereocenters. The molecule has 0 spiro atoms. The SMILES string of the molecule is CNC1CCCCCC1OC(C)C(F)(F)F. The van der Waals surface area contributed by atoms with Crippen LogP contribution in [0.4, 0.5) is 13.2 Å². The Balaban J connectivity index is 2.54. The van der Waals surface area contributed by atoms with Gasteiger partial charge in [-0.25, -0.2) is 0 Å². The normalized spacial score (nSPS) is 29.8. The van der Waals surface area contributed by atoms with E-state index in [1.807, 2.05) is 0 Å². The lowest BCUT2D eigenvalue weighted by molar-refractivity contribution is -0.229. The molecule has 0 saturated heterocycles. The third-order valence-electron chi connectivity index (χ3n) is 3.16. The monoisotopic (exact) mass is 239 g/mol. The minimum absolute atomic E-state index is 0.0484. The molecular weight excluding hydrogens is 219 g/mol. The zero-order chi connectivity index (χ0) is 12.2. The van der Waals surface area contributed by atoms with Crippen molar-refractivity contribution < 1.29 is 17.9 Å². The van der Waals surface area contributed by atoms with Crippen molar-refractivity contribution in [1.82, 2.24) is 5.32 Å². The molecule has 2 nitrogen and oxygen atoms in total. The fourth-order valence-corrected chi connectivity index (χ4v) is 2.11. The number of hydrogen-bond acceptors (Lipinski definition) is 2. The molecule has 1 fully saturated rings. The van der Waals surface area contributed by atoms with Gasteiger partial charge in [0.1, 0.15) is 0 Å². The lowest BCUT2D eigenvalue weighted by Crippen LogP contribution is -2.43. The smallest absolute Gasteiger partial charge is 0.364 e. The number of nitrogens with one attached hydrogen (secondary N) is 1. The molecule has 96 valence electrons. The van der Waals surface area contributed by atoms with Crippen molar-refractivity contribution in [3.05, 3.63) is 0 Å². The van der Waals surface area contributed by atoms with Gasteiger partial charge in [-0.15, -0.1) is 0 Å². The number of alkyl halides is 3. The minimum atomic E-state index is -4.26. The maximum Gasteiger partial charge on any atom is 0.414 e. The topological polar surface area (TPSA) is 21.3 Å². The van der Waals surface area contributed by atoms with Gasteiger partial charge in [-0.05, 0) is 26.8 Å². The highest BCUT2D eigenvalue weighted by Crippen LogP contribution is 2.27. The third kappa shape index (κ3) is 3.94. The van der Waals surface area contributed by atoms with Gasteiger partial charge in [0, 0.05) is 6.04 Å². The van der Waals surface area contributed by atoms with Crippen molar-refractivity contribution in [2.24, 2.45) is 0 Å². The summed E-state index contributed by atoms with van der Waals surface area (Å²) < 4.78 is 42.3. The number of likely N-dealkylation sites (N-methyl/N-ethyl adjacent to an activating group) is 1. The number of ether oxygens (including phenoxy) is 1. The van der Waals surface area contributed by atoms with Crippen LogP contribution in [-0.4, -0.2) is 31.5 Å². The Bertz CT molecular complexity index is 208. The van der Waals surface area contributed by atoms with Crippen LogP contribution in [0, 0.1) is 0 Å². The van der Waals surface area contributed by atoms with Gasteiger partial charge in [0.25, 0.3) is 0 Å². The predicted octanol–water partition coefficient (Wildman–Crippen LogP) is 2.87. The summed E-state index contributed by atoms with van der Waals surface area (Å²) in [6, 6.07) is 0.0484. The molecule has 1 aliphatic rings. The highest BCUT2D eigenvalue weighted by Gasteiger charge is 2.39. The standard InChI is InChI=1S/C11H20F3NO/c1-8(11(12,13)14)16-10-7-5-3-4-6-9(10)15-2/h8-10,15H,3-7H2,1-2H3. The van der Waals surface area contributed by atoms with Gasteiger partial charge in [0.05, 0.1) is 6.10 Å². The zero-order valence-electron chi connectivity index (χ0n) is 9.81. The highest BCUT2D eigenvalue weighted by atomic mass is 19.4. The molecule has 0 aromatic rings. The first-order valence-corrected chi connectivity index (χ1v) is 5.84. The molecule has 0 bridgehead atoms. The van der Waals surface area contributed by atoms with Crippen molar-refractivity contribution >= 4 is 0 Å². The fraction of sp³-hybridized carbons (Fsp3) is 1.00. The van der Waals surface area contributed by atoms with E-state index >= 15 is 0 Å². The largest absolute Gasteiger partial charge is 0.414 e. The number of halogens is 3. The molecule has 16 heavy (non-hydrogen) atoms. The maximum atomic E-state index is 12.4. The van der Waals surface area contributed by atoms with Crippen molar-refractivity contribution in [3.63, 3.8) is 0 Å². The van der Waals surface area contributed by atoms with Gasteiger partial charge >= 0.3 is 6.18 Å². The Kier molecular flexibility index (Phi) is 5.05. The van der Waals surface area contributed by atoms with E-state index in [9.17, 15) is 13.2 Å². The zero-order valence-corrected chi connectivity index (χ0v) is 9.81. The van der Waals surface area contributed by atoms with Crippen LogP contribution in [-0.2, 0) is 4.74 Å². The van der Waals surface area contributed by atoms with Crippen LogP contribution >= 0.6 is 0 Å². The summed E-state index contributed by atoms with van der Waals surface area (Å²) in [6.45, 7) is 1.08. The fourth-order valence-electron chi connectivity index (χ4n) is 2.11. The van der Waals surface area contributed by atoms with Crippen LogP contribution in [0.25, 0.3) is 0 Å². The van der Waals surface area contributed by atoms with E-state index in [4.69, 9.17) is 4.74 Å². The summed E-state index contributed by atoms with van der Waals surface area (Å²) in [7, 11) is 1.78. The van der Waals surface area contributed by atoms with E-state index in [1.54, 1.807) is 7.05 Å². The Hall–Kier alpha value is -0.290. The van der Waals surface area contributed by atoms with Gasteiger partial charge in [-0.3, -0.25) is 0 Å². The molecule has 5 heteroatoms. The molecular formula is C11H20F3NO. The summed E-state index contributed by atoms with van der Waals surface area (Å²) in [6.07, 6.45) is -1.55. The van der Waals surface area contributed by atoms with Gasteiger partial charge in [0.2, 0.25) is 0 Å². The van der Waals surface area contributed by atoms with Crippen LogP contribution in [0.3, 0.4) is 0 Å². The van der Waals surface area contributed by atoms with Crippen molar-refractivity contribution in [2.45, 2.75) is 63.5 Å². The highest BCUT2D eigenvalue weighted by molar-refractivity contribution is 4.80. The molecule has 0 radical (unpaired) electrons. The Morgan fingerprint density at radius 2 is 1.81 bits per heavy atom. The van der Waals surface area contributed by atoms with Crippen LogP contribution in [0.2, 0.25) is 0 Å². The molecule has 0 heterocycles. The summed E-state index contributed by atoms with van der Waals surface area (Å²) in [4.78, 5) is 0. The lowest BCUT2D eigenvalue weighted by atomic mass is 10.1. The van der Waals surface area contributed by atoms with E-state index < -0.39 is 12.3 Å². The van der Waals surface area contributed by atoms with E-state index in [1.165, 1.54) is 0 Å². The van der Waals surface area contributed by atoms with Crippen LogP contribution in [0.15, 0.2) is 0 Å². The van der Waals surface area contributed by atoms with Crippen LogP contribution in [0.1, 0.15) is 39.0 Å². The molecule has 1 rings (SSSR count). The minimum Gasteiger partial charge on any atom is -0.364 e.